The van der Waals surface area contributed by atoms with Gasteiger partial charge in [-0.2, -0.15) is 0 Å². The average molecular weight is 225 g/mol. The van der Waals surface area contributed by atoms with E-state index in [1.807, 2.05) is 13.0 Å². The van der Waals surface area contributed by atoms with Crippen LogP contribution >= 0.6 is 12.4 Å². The highest BCUT2D eigenvalue weighted by molar-refractivity contribution is 6.06. The van der Waals surface area contributed by atoms with Crippen molar-refractivity contribution in [1.29, 1.82) is 5.41 Å². The number of nitrogens with two attached hydrogens (primary N) is 1. The van der Waals surface area contributed by atoms with Crippen LogP contribution in [0.5, 0.6) is 0 Å². The zero-order chi connectivity index (χ0) is 10.3. The van der Waals surface area contributed by atoms with Gasteiger partial charge in [-0.05, 0) is 11.5 Å². The second kappa shape index (κ2) is 4.03. The Bertz CT molecular complexity index is 429. The van der Waals surface area contributed by atoms with Gasteiger partial charge in [-0.15, -0.1) is 12.4 Å². The fraction of sp³-hybridized carbons (Fsp3) is 0.273. The number of carbonyl (C=O) groups excluding carboxylic acids is 1. The van der Waals surface area contributed by atoms with Crippen molar-refractivity contribution in [2.75, 3.05) is 0 Å². The minimum Gasteiger partial charge on any atom is -0.384 e. The van der Waals surface area contributed by atoms with E-state index < -0.39 is 0 Å². The topological polar surface area (TPSA) is 66.9 Å². The summed E-state index contributed by atoms with van der Waals surface area (Å²) in [6.45, 7) is 2.00. The van der Waals surface area contributed by atoms with Crippen LogP contribution in [0, 0.1) is 5.41 Å². The molecule has 15 heavy (non-hydrogen) atoms. The first-order valence-electron chi connectivity index (χ1n) is 4.61. The van der Waals surface area contributed by atoms with Crippen LogP contribution in [0.25, 0.3) is 0 Å². The molecule has 1 unspecified atom stereocenters. The summed E-state index contributed by atoms with van der Waals surface area (Å²) >= 11 is 0. The van der Waals surface area contributed by atoms with E-state index in [0.29, 0.717) is 12.0 Å². The number of fused-ring (bicyclic) bond motifs is 1. The summed E-state index contributed by atoms with van der Waals surface area (Å²) < 4.78 is 0. The van der Waals surface area contributed by atoms with Crippen LogP contribution in [-0.2, 0) is 0 Å². The first-order chi connectivity index (χ1) is 6.61. The summed E-state index contributed by atoms with van der Waals surface area (Å²) in [5, 5.41) is 7.43. The largest absolute Gasteiger partial charge is 0.384 e. The van der Waals surface area contributed by atoms with Gasteiger partial charge in [0.1, 0.15) is 5.84 Å². The Balaban J connectivity index is 0.00000112. The summed E-state index contributed by atoms with van der Waals surface area (Å²) in [6, 6.07) is 5.40. The number of benzene rings is 1. The maximum atomic E-state index is 11.5. The van der Waals surface area contributed by atoms with E-state index in [4.69, 9.17) is 11.1 Å². The van der Waals surface area contributed by atoms with Crippen LogP contribution in [0.4, 0.5) is 0 Å². The monoisotopic (exact) mass is 224 g/mol. The van der Waals surface area contributed by atoms with Gasteiger partial charge in [0.2, 0.25) is 0 Å². The molecule has 0 aliphatic heterocycles. The molecule has 0 spiro atoms. The smallest absolute Gasteiger partial charge is 0.163 e. The van der Waals surface area contributed by atoms with E-state index in [-0.39, 0.29) is 29.9 Å². The van der Waals surface area contributed by atoms with Gasteiger partial charge in [0.15, 0.2) is 5.78 Å². The van der Waals surface area contributed by atoms with Crippen molar-refractivity contribution in [1.82, 2.24) is 0 Å². The third-order valence-electron chi connectivity index (χ3n) is 2.68. The van der Waals surface area contributed by atoms with Crippen molar-refractivity contribution < 1.29 is 4.79 Å². The molecule has 1 aliphatic rings. The van der Waals surface area contributed by atoms with Crippen LogP contribution in [0.2, 0.25) is 0 Å². The molecule has 4 heteroatoms. The lowest BCUT2D eigenvalue weighted by Crippen LogP contribution is -2.14. The fourth-order valence-electron chi connectivity index (χ4n) is 2.06. The number of carbonyl (C=O) groups is 1. The van der Waals surface area contributed by atoms with Gasteiger partial charge in [-0.25, -0.2) is 0 Å². The molecule has 80 valence electrons. The van der Waals surface area contributed by atoms with Gasteiger partial charge in [-0.1, -0.05) is 25.1 Å². The van der Waals surface area contributed by atoms with E-state index >= 15 is 0 Å². The normalized spacial score (nSPS) is 18.2. The molecule has 0 saturated carbocycles. The summed E-state index contributed by atoms with van der Waals surface area (Å²) in [5.41, 5.74) is 7.87. The molecule has 0 fully saturated rings. The van der Waals surface area contributed by atoms with Crippen molar-refractivity contribution in [2.24, 2.45) is 5.73 Å². The standard InChI is InChI=1S/C11H12N2O.ClH/c1-6-5-9(14)7-3-2-4-8(10(6)7)11(12)13;/h2-4,6H,5H2,1H3,(H3,12,13);1H. The maximum absolute atomic E-state index is 11.5. The summed E-state index contributed by atoms with van der Waals surface area (Å²) in [7, 11) is 0. The van der Waals surface area contributed by atoms with Gasteiger partial charge < -0.3 is 5.73 Å². The molecule has 0 aromatic heterocycles. The van der Waals surface area contributed by atoms with Gasteiger partial charge >= 0.3 is 0 Å². The lowest BCUT2D eigenvalue weighted by Gasteiger charge is -2.09. The summed E-state index contributed by atoms with van der Waals surface area (Å²) in [6.07, 6.45) is 0.541. The first kappa shape index (κ1) is 11.7. The third-order valence-corrected chi connectivity index (χ3v) is 2.68. The summed E-state index contributed by atoms with van der Waals surface area (Å²) in [5.74, 6) is 0.400. The molecule has 3 nitrogen and oxygen atoms in total. The quantitative estimate of drug-likeness (QED) is 0.567. The van der Waals surface area contributed by atoms with Crippen molar-refractivity contribution in [3.63, 3.8) is 0 Å². The Hall–Kier alpha value is -1.35. The molecule has 1 aromatic carbocycles. The van der Waals surface area contributed by atoms with E-state index in [2.05, 4.69) is 0 Å². The number of halogens is 1. The van der Waals surface area contributed by atoms with E-state index in [0.717, 1.165) is 11.1 Å². The number of hydrogen-bond donors (Lipinski definition) is 2. The molecular weight excluding hydrogens is 212 g/mol. The van der Waals surface area contributed by atoms with Crippen LogP contribution in [-0.4, -0.2) is 11.6 Å². The average Bonchev–Trinajstić information content (AvgIpc) is 2.43. The zero-order valence-electron chi connectivity index (χ0n) is 8.41. The second-order valence-corrected chi connectivity index (χ2v) is 3.71. The minimum atomic E-state index is 0. The van der Waals surface area contributed by atoms with Crippen LogP contribution in [0.3, 0.4) is 0 Å². The highest BCUT2D eigenvalue weighted by atomic mass is 35.5. The zero-order valence-corrected chi connectivity index (χ0v) is 9.23. The lowest BCUT2D eigenvalue weighted by atomic mass is 9.97. The lowest BCUT2D eigenvalue weighted by molar-refractivity contribution is 0.0990. The molecular formula is C11H13ClN2O. The maximum Gasteiger partial charge on any atom is 0.163 e. The number of Topliss-reactive ketones (excluding diaryl/α,β-unsaturated/α-hetero) is 1. The second-order valence-electron chi connectivity index (χ2n) is 3.71. The molecule has 0 bridgehead atoms. The fourth-order valence-corrected chi connectivity index (χ4v) is 2.06. The van der Waals surface area contributed by atoms with Crippen molar-refractivity contribution in [3.05, 3.63) is 34.9 Å². The molecule has 1 aliphatic carbocycles. The molecule has 2 rings (SSSR count). The molecule has 3 N–H and O–H groups in total. The molecule has 0 saturated heterocycles. The Morgan fingerprint density at radius 3 is 2.80 bits per heavy atom. The van der Waals surface area contributed by atoms with E-state index in [1.165, 1.54) is 0 Å². The van der Waals surface area contributed by atoms with Crippen LogP contribution < -0.4 is 5.73 Å². The predicted molar refractivity (Wildman–Crippen MR) is 62.1 cm³/mol. The minimum absolute atomic E-state index is 0. The van der Waals surface area contributed by atoms with E-state index in [1.54, 1.807) is 12.1 Å². The van der Waals surface area contributed by atoms with Gasteiger partial charge in [0.05, 0.1) is 0 Å². The van der Waals surface area contributed by atoms with Crippen molar-refractivity contribution in [3.8, 4) is 0 Å². The number of nitrogens with one attached hydrogen (secondary N) is 1. The number of rotatable bonds is 1. The number of ketones is 1. The molecule has 1 aromatic rings. The Labute approximate surface area is 94.6 Å². The van der Waals surface area contributed by atoms with Gasteiger partial charge in [0.25, 0.3) is 0 Å². The highest BCUT2D eigenvalue weighted by Gasteiger charge is 2.28. The molecule has 0 heterocycles. The molecule has 1 atom stereocenters. The van der Waals surface area contributed by atoms with Crippen LogP contribution in [0.15, 0.2) is 18.2 Å². The number of nitrogen functional groups attached to an aromatic ring is 1. The van der Waals surface area contributed by atoms with Crippen molar-refractivity contribution in [2.45, 2.75) is 19.3 Å². The van der Waals surface area contributed by atoms with Crippen LogP contribution in [0.1, 0.15) is 40.7 Å². The molecule has 0 radical (unpaired) electrons. The Morgan fingerprint density at radius 1 is 1.53 bits per heavy atom. The van der Waals surface area contributed by atoms with Gasteiger partial charge in [0, 0.05) is 17.5 Å². The molecule has 0 amide bonds. The SMILES string of the molecule is CC1CC(=O)c2cccc(C(=N)N)c21.Cl. The number of hydrogen-bond acceptors (Lipinski definition) is 2. The highest BCUT2D eigenvalue weighted by Crippen LogP contribution is 2.34. The first-order valence-corrected chi connectivity index (χ1v) is 4.61. The third kappa shape index (κ3) is 1.75. The Kier molecular flexibility index (Phi) is 3.15. The van der Waals surface area contributed by atoms with E-state index in [9.17, 15) is 4.79 Å². The Morgan fingerprint density at radius 2 is 2.20 bits per heavy atom. The number of amidine groups is 1. The summed E-state index contributed by atoms with van der Waals surface area (Å²) in [4.78, 5) is 11.5. The van der Waals surface area contributed by atoms with Gasteiger partial charge in [-0.3, -0.25) is 10.2 Å². The van der Waals surface area contributed by atoms with Crippen molar-refractivity contribution >= 4 is 24.0 Å². The predicted octanol–water partition coefficient (Wildman–Crippen LogP) is 2.08.